The van der Waals surface area contributed by atoms with Gasteiger partial charge in [-0.2, -0.15) is 0 Å². The van der Waals surface area contributed by atoms with E-state index in [-0.39, 0.29) is 11.4 Å². The summed E-state index contributed by atoms with van der Waals surface area (Å²) in [6, 6.07) is 1.92. The molecule has 1 atom stereocenters. The smallest absolute Gasteiger partial charge is 0.160 e. The SMILES string of the molecule is CC(O)Cc1cc(F)c(F)cc1Cl. The summed E-state index contributed by atoms with van der Waals surface area (Å²) in [7, 11) is 0. The molecular formula is C9H9ClF2O. The summed E-state index contributed by atoms with van der Waals surface area (Å²) in [5, 5.41) is 9.15. The molecule has 1 nitrogen and oxygen atoms in total. The quantitative estimate of drug-likeness (QED) is 0.738. The van der Waals surface area contributed by atoms with Crippen molar-refractivity contribution in [1.29, 1.82) is 0 Å². The van der Waals surface area contributed by atoms with E-state index in [0.717, 1.165) is 12.1 Å². The fourth-order valence-electron chi connectivity index (χ4n) is 1.04. The van der Waals surface area contributed by atoms with Crippen LogP contribution >= 0.6 is 11.6 Å². The Labute approximate surface area is 80.0 Å². The Morgan fingerprint density at radius 1 is 1.38 bits per heavy atom. The van der Waals surface area contributed by atoms with Gasteiger partial charge in [0.15, 0.2) is 11.6 Å². The molecule has 1 aromatic rings. The van der Waals surface area contributed by atoms with Gasteiger partial charge in [0.05, 0.1) is 6.10 Å². The summed E-state index contributed by atoms with van der Waals surface area (Å²) in [5.41, 5.74) is 0.413. The number of hydrogen-bond acceptors (Lipinski definition) is 1. The van der Waals surface area contributed by atoms with Crippen molar-refractivity contribution in [2.45, 2.75) is 19.4 Å². The van der Waals surface area contributed by atoms with Gasteiger partial charge in [-0.25, -0.2) is 8.78 Å². The minimum atomic E-state index is -0.973. The van der Waals surface area contributed by atoms with E-state index in [1.54, 1.807) is 6.92 Å². The molecule has 0 aliphatic rings. The van der Waals surface area contributed by atoms with E-state index in [1.807, 2.05) is 0 Å². The maximum atomic E-state index is 12.7. The second kappa shape index (κ2) is 4.03. The molecule has 0 bridgehead atoms. The van der Waals surface area contributed by atoms with Crippen molar-refractivity contribution in [3.05, 3.63) is 34.4 Å². The normalized spacial score (nSPS) is 13.0. The predicted octanol–water partition coefficient (Wildman–Crippen LogP) is 2.54. The highest BCUT2D eigenvalue weighted by molar-refractivity contribution is 6.31. The fourth-order valence-corrected chi connectivity index (χ4v) is 1.27. The van der Waals surface area contributed by atoms with E-state index in [2.05, 4.69) is 0 Å². The van der Waals surface area contributed by atoms with E-state index in [1.165, 1.54) is 0 Å². The van der Waals surface area contributed by atoms with Crippen molar-refractivity contribution < 1.29 is 13.9 Å². The monoisotopic (exact) mass is 206 g/mol. The summed E-state index contributed by atoms with van der Waals surface area (Å²) < 4.78 is 25.3. The van der Waals surface area contributed by atoms with E-state index in [9.17, 15) is 8.78 Å². The number of benzene rings is 1. The molecule has 72 valence electrons. The van der Waals surface area contributed by atoms with Crippen LogP contribution in [0.5, 0.6) is 0 Å². The zero-order valence-electron chi connectivity index (χ0n) is 7.02. The highest BCUT2D eigenvalue weighted by atomic mass is 35.5. The average Bonchev–Trinajstić information content (AvgIpc) is 1.99. The van der Waals surface area contributed by atoms with Gasteiger partial charge in [-0.1, -0.05) is 11.6 Å². The van der Waals surface area contributed by atoms with Gasteiger partial charge in [-0.05, 0) is 31.0 Å². The van der Waals surface area contributed by atoms with Crippen molar-refractivity contribution in [1.82, 2.24) is 0 Å². The Balaban J connectivity index is 3.01. The molecule has 0 saturated carbocycles. The van der Waals surface area contributed by atoms with Gasteiger partial charge >= 0.3 is 0 Å². The summed E-state index contributed by atoms with van der Waals surface area (Å²) in [6.45, 7) is 1.55. The molecule has 1 rings (SSSR count). The van der Waals surface area contributed by atoms with E-state index >= 15 is 0 Å². The maximum Gasteiger partial charge on any atom is 0.160 e. The average molecular weight is 207 g/mol. The molecule has 0 aromatic heterocycles. The number of aliphatic hydroxyl groups excluding tert-OH is 1. The van der Waals surface area contributed by atoms with Crippen LogP contribution in [-0.2, 0) is 6.42 Å². The van der Waals surface area contributed by atoms with Crippen LogP contribution in [-0.4, -0.2) is 11.2 Å². The lowest BCUT2D eigenvalue weighted by Gasteiger charge is -2.06. The van der Waals surface area contributed by atoms with Crippen molar-refractivity contribution >= 4 is 11.6 Å². The molecule has 1 N–H and O–H groups in total. The third-order valence-corrected chi connectivity index (χ3v) is 1.96. The van der Waals surface area contributed by atoms with E-state index in [4.69, 9.17) is 16.7 Å². The number of aliphatic hydroxyl groups is 1. The Morgan fingerprint density at radius 2 is 1.92 bits per heavy atom. The molecule has 0 heterocycles. The first-order valence-electron chi connectivity index (χ1n) is 3.82. The maximum absolute atomic E-state index is 12.7. The van der Waals surface area contributed by atoms with Gasteiger partial charge < -0.3 is 5.11 Å². The Hall–Kier alpha value is -0.670. The predicted molar refractivity (Wildman–Crippen MR) is 46.8 cm³/mol. The first-order chi connectivity index (χ1) is 6.00. The standard InChI is InChI=1S/C9H9ClF2O/c1-5(13)2-6-3-8(11)9(12)4-7(6)10/h3-5,13H,2H2,1H3. The first-order valence-corrected chi connectivity index (χ1v) is 4.20. The van der Waals surface area contributed by atoms with Crippen LogP contribution < -0.4 is 0 Å². The minimum Gasteiger partial charge on any atom is -0.393 e. The Morgan fingerprint density at radius 3 is 2.46 bits per heavy atom. The topological polar surface area (TPSA) is 20.2 Å². The molecule has 0 saturated heterocycles. The molecule has 4 heteroatoms. The Bertz CT molecular complexity index is 313. The van der Waals surface area contributed by atoms with Gasteiger partial charge in [0.2, 0.25) is 0 Å². The molecule has 13 heavy (non-hydrogen) atoms. The second-order valence-electron chi connectivity index (χ2n) is 2.91. The third kappa shape index (κ3) is 2.64. The van der Waals surface area contributed by atoms with Gasteiger partial charge in [0.1, 0.15) is 0 Å². The molecule has 0 aliphatic heterocycles. The summed E-state index contributed by atoms with van der Waals surface area (Å²) in [6.07, 6.45) is -0.405. The van der Waals surface area contributed by atoms with E-state index < -0.39 is 17.7 Å². The third-order valence-electron chi connectivity index (χ3n) is 1.60. The fraction of sp³-hybridized carbons (Fsp3) is 0.333. The zero-order chi connectivity index (χ0) is 10.0. The minimum absolute atomic E-state index is 0.139. The molecular weight excluding hydrogens is 198 g/mol. The van der Waals surface area contributed by atoms with Crippen molar-refractivity contribution in [2.24, 2.45) is 0 Å². The molecule has 0 aliphatic carbocycles. The van der Waals surface area contributed by atoms with Crippen molar-refractivity contribution in [2.75, 3.05) is 0 Å². The second-order valence-corrected chi connectivity index (χ2v) is 3.32. The van der Waals surface area contributed by atoms with Gasteiger partial charge in [0, 0.05) is 5.02 Å². The summed E-state index contributed by atoms with van der Waals surface area (Å²) >= 11 is 5.63. The summed E-state index contributed by atoms with van der Waals surface area (Å²) in [4.78, 5) is 0. The molecule has 0 spiro atoms. The highest BCUT2D eigenvalue weighted by Gasteiger charge is 2.09. The zero-order valence-corrected chi connectivity index (χ0v) is 7.78. The Kier molecular flexibility index (Phi) is 3.22. The van der Waals surface area contributed by atoms with Crippen LogP contribution in [0.1, 0.15) is 12.5 Å². The number of halogens is 3. The van der Waals surface area contributed by atoms with E-state index in [0.29, 0.717) is 5.56 Å². The van der Waals surface area contributed by atoms with Crippen molar-refractivity contribution in [3.8, 4) is 0 Å². The van der Waals surface area contributed by atoms with Crippen LogP contribution in [0.2, 0.25) is 5.02 Å². The molecule has 0 fully saturated rings. The lowest BCUT2D eigenvalue weighted by atomic mass is 10.1. The molecule has 0 radical (unpaired) electrons. The van der Waals surface area contributed by atoms with Gasteiger partial charge in [-0.3, -0.25) is 0 Å². The lowest BCUT2D eigenvalue weighted by molar-refractivity contribution is 0.195. The number of hydrogen-bond donors (Lipinski definition) is 1. The summed E-state index contributed by atoms with van der Waals surface area (Å²) in [5.74, 6) is -1.92. The first kappa shape index (κ1) is 10.4. The molecule has 0 amide bonds. The van der Waals surface area contributed by atoms with Crippen LogP contribution in [0.25, 0.3) is 0 Å². The van der Waals surface area contributed by atoms with Gasteiger partial charge in [0.25, 0.3) is 0 Å². The largest absolute Gasteiger partial charge is 0.393 e. The van der Waals surface area contributed by atoms with Crippen molar-refractivity contribution in [3.63, 3.8) is 0 Å². The molecule has 1 unspecified atom stereocenters. The van der Waals surface area contributed by atoms with Crippen LogP contribution in [0, 0.1) is 11.6 Å². The van der Waals surface area contributed by atoms with Gasteiger partial charge in [-0.15, -0.1) is 0 Å². The lowest BCUT2D eigenvalue weighted by Crippen LogP contribution is -2.05. The van der Waals surface area contributed by atoms with Crippen LogP contribution in [0.15, 0.2) is 12.1 Å². The van der Waals surface area contributed by atoms with Crippen LogP contribution in [0.3, 0.4) is 0 Å². The molecule has 1 aromatic carbocycles. The number of rotatable bonds is 2. The highest BCUT2D eigenvalue weighted by Crippen LogP contribution is 2.21. The van der Waals surface area contributed by atoms with Crippen LogP contribution in [0.4, 0.5) is 8.78 Å².